The Morgan fingerprint density at radius 3 is 2.90 bits per heavy atom. The van der Waals surface area contributed by atoms with Gasteiger partial charge < -0.3 is 15.6 Å². The Balaban J connectivity index is 1.60. The third kappa shape index (κ3) is 2.81. The first kappa shape index (κ1) is 13.1. The van der Waals surface area contributed by atoms with Crippen LogP contribution in [0.3, 0.4) is 0 Å². The molecule has 1 aliphatic heterocycles. The van der Waals surface area contributed by atoms with E-state index in [0.717, 1.165) is 17.0 Å². The number of amides is 1. The molecule has 0 fully saturated rings. The smallest absolute Gasteiger partial charge is 0.304 e. The van der Waals surface area contributed by atoms with Crippen LogP contribution in [0.5, 0.6) is 0 Å². The Morgan fingerprint density at radius 1 is 1.35 bits per heavy atom. The van der Waals surface area contributed by atoms with Crippen molar-refractivity contribution in [2.24, 2.45) is 0 Å². The monoisotopic (exact) mass is 289 g/mol. The van der Waals surface area contributed by atoms with Gasteiger partial charge in [-0.15, -0.1) is 0 Å². The van der Waals surface area contributed by atoms with Crippen molar-refractivity contribution < 1.29 is 4.79 Å². The van der Waals surface area contributed by atoms with E-state index in [-0.39, 0.29) is 16.8 Å². The minimum absolute atomic E-state index is 0.0356. The van der Waals surface area contributed by atoms with Gasteiger partial charge in [0.25, 0.3) is 0 Å². The number of hydrogen-bond acceptors (Lipinski definition) is 4. The van der Waals surface area contributed by atoms with Gasteiger partial charge in [0, 0.05) is 17.6 Å². The highest BCUT2D eigenvalue weighted by molar-refractivity contribution is 7.07. The molecule has 0 spiro atoms. The van der Waals surface area contributed by atoms with Gasteiger partial charge in [0.2, 0.25) is 5.91 Å². The van der Waals surface area contributed by atoms with Crippen LogP contribution in [-0.2, 0) is 24.3 Å². The molecule has 1 aromatic carbocycles. The lowest BCUT2D eigenvalue weighted by Gasteiger charge is -2.25. The molecule has 20 heavy (non-hydrogen) atoms. The molecular weight excluding hydrogens is 274 g/mol. The Bertz CT molecular complexity index is 677. The van der Waals surface area contributed by atoms with Gasteiger partial charge in [0.05, 0.1) is 12.6 Å². The van der Waals surface area contributed by atoms with Gasteiger partial charge in [-0.05, 0) is 17.5 Å². The van der Waals surface area contributed by atoms with Crippen molar-refractivity contribution in [1.29, 1.82) is 0 Å². The average molecular weight is 289 g/mol. The summed E-state index contributed by atoms with van der Waals surface area (Å²) in [7, 11) is 0. The van der Waals surface area contributed by atoms with Gasteiger partial charge in [0.15, 0.2) is 0 Å². The van der Waals surface area contributed by atoms with Gasteiger partial charge in [-0.2, -0.15) is 0 Å². The van der Waals surface area contributed by atoms with Crippen LogP contribution in [0.2, 0.25) is 0 Å². The van der Waals surface area contributed by atoms with Crippen LogP contribution in [0, 0.1) is 0 Å². The van der Waals surface area contributed by atoms with Gasteiger partial charge in [-0.3, -0.25) is 9.59 Å². The summed E-state index contributed by atoms with van der Waals surface area (Å²) in [5.74, 6) is -0.0356. The first-order valence-corrected chi connectivity index (χ1v) is 7.35. The van der Waals surface area contributed by atoms with Gasteiger partial charge in [-0.25, -0.2) is 0 Å². The Kier molecular flexibility index (Phi) is 3.66. The number of hydrogen-bond donors (Lipinski definition) is 3. The molecule has 0 saturated carbocycles. The molecule has 1 atom stereocenters. The van der Waals surface area contributed by atoms with Crippen molar-refractivity contribution in [2.45, 2.75) is 25.6 Å². The number of H-pyrrole nitrogens is 1. The average Bonchev–Trinajstić information content (AvgIpc) is 2.90. The van der Waals surface area contributed by atoms with Crippen LogP contribution in [0.4, 0.5) is 0 Å². The molecule has 3 N–H and O–H groups in total. The zero-order valence-electron chi connectivity index (χ0n) is 10.8. The minimum atomic E-state index is -0.213. The molecule has 1 aliphatic rings. The molecule has 0 radical (unpaired) electrons. The summed E-state index contributed by atoms with van der Waals surface area (Å²) in [5, 5.41) is 7.81. The highest BCUT2D eigenvalue weighted by atomic mass is 32.1. The number of rotatable bonds is 3. The molecule has 2 heterocycles. The summed E-state index contributed by atoms with van der Waals surface area (Å²) in [6, 6.07) is 7.93. The second-order valence-electron chi connectivity index (χ2n) is 4.80. The van der Waals surface area contributed by atoms with E-state index in [4.69, 9.17) is 0 Å². The highest BCUT2D eigenvalue weighted by Crippen LogP contribution is 2.16. The van der Waals surface area contributed by atoms with Gasteiger partial charge in [-0.1, -0.05) is 35.6 Å². The van der Waals surface area contributed by atoms with Gasteiger partial charge in [0.1, 0.15) is 0 Å². The van der Waals surface area contributed by atoms with E-state index in [0.29, 0.717) is 19.5 Å². The molecule has 0 bridgehead atoms. The lowest BCUT2D eigenvalue weighted by molar-refractivity contribution is -0.123. The van der Waals surface area contributed by atoms with E-state index in [2.05, 4.69) is 27.8 Å². The van der Waals surface area contributed by atoms with Crippen molar-refractivity contribution >= 4 is 17.2 Å². The third-order valence-corrected chi connectivity index (χ3v) is 4.14. The number of carbonyl (C=O) groups is 1. The maximum absolute atomic E-state index is 12.1. The first-order chi connectivity index (χ1) is 9.72. The van der Waals surface area contributed by atoms with Crippen LogP contribution < -0.4 is 15.5 Å². The number of nitrogens with one attached hydrogen (secondary N) is 3. The summed E-state index contributed by atoms with van der Waals surface area (Å²) >= 11 is 1.10. The van der Waals surface area contributed by atoms with Crippen molar-refractivity contribution in [3.05, 3.63) is 56.1 Å². The van der Waals surface area contributed by atoms with Crippen LogP contribution >= 0.6 is 11.3 Å². The van der Waals surface area contributed by atoms with Crippen molar-refractivity contribution in [2.75, 3.05) is 0 Å². The Hall–Kier alpha value is -1.92. The SMILES string of the molecule is O=C(NCc1csc(=O)[nH]1)[C@@H]1Cc2ccccc2CN1. The lowest BCUT2D eigenvalue weighted by Crippen LogP contribution is -2.47. The van der Waals surface area contributed by atoms with Crippen LogP contribution in [0.15, 0.2) is 34.4 Å². The summed E-state index contributed by atoms with van der Waals surface area (Å²) < 4.78 is 0. The topological polar surface area (TPSA) is 74.0 Å². The molecule has 5 nitrogen and oxygen atoms in total. The largest absolute Gasteiger partial charge is 0.349 e. The lowest BCUT2D eigenvalue weighted by atomic mass is 9.95. The Labute approximate surface area is 120 Å². The second-order valence-corrected chi connectivity index (χ2v) is 5.64. The van der Waals surface area contributed by atoms with E-state index < -0.39 is 0 Å². The van der Waals surface area contributed by atoms with E-state index in [1.807, 2.05) is 12.1 Å². The number of aromatic nitrogens is 1. The molecule has 6 heteroatoms. The summed E-state index contributed by atoms with van der Waals surface area (Å²) in [6.45, 7) is 1.07. The molecule has 0 saturated heterocycles. The Morgan fingerprint density at radius 2 is 2.15 bits per heavy atom. The van der Waals surface area contributed by atoms with Crippen LogP contribution in [-0.4, -0.2) is 16.9 Å². The van der Waals surface area contributed by atoms with Gasteiger partial charge >= 0.3 is 4.87 Å². The molecular formula is C14H15N3O2S. The molecule has 1 amide bonds. The highest BCUT2D eigenvalue weighted by Gasteiger charge is 2.23. The zero-order valence-corrected chi connectivity index (χ0v) is 11.6. The summed E-state index contributed by atoms with van der Waals surface area (Å²) in [6.07, 6.45) is 0.697. The number of aromatic amines is 1. The zero-order chi connectivity index (χ0) is 13.9. The van der Waals surface area contributed by atoms with Crippen molar-refractivity contribution in [3.63, 3.8) is 0 Å². The normalized spacial score (nSPS) is 17.5. The predicted octanol–water partition coefficient (Wildman–Crippen LogP) is 0.767. The molecule has 2 aromatic rings. The second kappa shape index (κ2) is 5.60. The molecule has 0 aliphatic carbocycles. The van der Waals surface area contributed by atoms with E-state index in [1.165, 1.54) is 11.1 Å². The number of carbonyl (C=O) groups excluding carboxylic acids is 1. The molecule has 1 aromatic heterocycles. The maximum Gasteiger partial charge on any atom is 0.304 e. The fourth-order valence-corrected chi connectivity index (χ4v) is 2.93. The molecule has 104 valence electrons. The fourth-order valence-electron chi connectivity index (χ4n) is 2.35. The first-order valence-electron chi connectivity index (χ1n) is 6.47. The maximum atomic E-state index is 12.1. The van der Waals surface area contributed by atoms with Crippen LogP contribution in [0.1, 0.15) is 16.8 Å². The summed E-state index contributed by atoms with van der Waals surface area (Å²) in [5.41, 5.74) is 3.21. The van der Waals surface area contributed by atoms with E-state index in [1.54, 1.807) is 5.38 Å². The minimum Gasteiger partial charge on any atom is -0.349 e. The van der Waals surface area contributed by atoms with E-state index in [9.17, 15) is 9.59 Å². The number of thiazole rings is 1. The molecule has 3 rings (SSSR count). The third-order valence-electron chi connectivity index (χ3n) is 3.42. The van der Waals surface area contributed by atoms with Crippen molar-refractivity contribution in [3.8, 4) is 0 Å². The van der Waals surface area contributed by atoms with Crippen molar-refractivity contribution in [1.82, 2.24) is 15.6 Å². The number of fused-ring (bicyclic) bond motifs is 1. The predicted molar refractivity (Wildman–Crippen MR) is 77.6 cm³/mol. The quantitative estimate of drug-likeness (QED) is 0.781. The fraction of sp³-hybridized carbons (Fsp3) is 0.286. The standard InChI is InChI=1S/C14H15N3O2S/c18-13(16-7-11-8-20-14(19)17-11)12-5-9-3-1-2-4-10(9)6-15-12/h1-4,8,12,15H,5-7H2,(H,16,18)(H,17,19)/t12-/m0/s1. The van der Waals surface area contributed by atoms with Crippen LogP contribution in [0.25, 0.3) is 0 Å². The summed E-state index contributed by atoms with van der Waals surface area (Å²) in [4.78, 5) is 25.7. The number of benzene rings is 1. The molecule has 0 unspecified atom stereocenters. The van der Waals surface area contributed by atoms with E-state index >= 15 is 0 Å².